The summed E-state index contributed by atoms with van der Waals surface area (Å²) in [6, 6.07) is 11.9. The number of hydrogen-bond acceptors (Lipinski definition) is 3. The van der Waals surface area contributed by atoms with Crippen LogP contribution in [0.2, 0.25) is 0 Å². The van der Waals surface area contributed by atoms with Crippen LogP contribution in [0.25, 0.3) is 16.8 Å². The molecule has 0 amide bonds. The van der Waals surface area contributed by atoms with Crippen LogP contribution in [0.15, 0.2) is 59.8 Å². The Morgan fingerprint density at radius 1 is 1.04 bits per heavy atom. The quantitative estimate of drug-likeness (QED) is 0.573. The molecule has 5 nitrogen and oxygen atoms in total. The van der Waals surface area contributed by atoms with Gasteiger partial charge in [-0.15, -0.1) is 0 Å². The van der Waals surface area contributed by atoms with Crippen LogP contribution in [-0.4, -0.2) is 18.9 Å². The summed E-state index contributed by atoms with van der Waals surface area (Å²) in [7, 11) is 1.78. The van der Waals surface area contributed by atoms with Crippen LogP contribution in [-0.2, 0) is 13.5 Å². The van der Waals surface area contributed by atoms with Crippen LogP contribution in [0, 0.1) is 13.8 Å². The predicted molar refractivity (Wildman–Crippen MR) is 102 cm³/mol. The molecule has 0 saturated heterocycles. The fourth-order valence-electron chi connectivity index (χ4n) is 3.30. The number of rotatable bonds is 3. The van der Waals surface area contributed by atoms with Gasteiger partial charge in [-0.05, 0) is 55.3 Å². The highest BCUT2D eigenvalue weighted by molar-refractivity contribution is 5.65. The highest BCUT2D eigenvalue weighted by Crippen LogP contribution is 2.23. The molecule has 26 heavy (non-hydrogen) atoms. The maximum absolute atomic E-state index is 12.0. The minimum atomic E-state index is 0.0316. The minimum absolute atomic E-state index is 0.0316. The summed E-state index contributed by atoms with van der Waals surface area (Å²) in [5.74, 6) is 0. The second kappa shape index (κ2) is 6.26. The molecule has 0 aliphatic heterocycles. The molecular weight excluding hydrogens is 324 g/mol. The van der Waals surface area contributed by atoms with E-state index in [-0.39, 0.29) is 5.56 Å². The van der Waals surface area contributed by atoms with E-state index in [1.165, 1.54) is 0 Å². The molecule has 4 aromatic rings. The zero-order valence-corrected chi connectivity index (χ0v) is 15.1. The van der Waals surface area contributed by atoms with Gasteiger partial charge in [0.15, 0.2) is 0 Å². The van der Waals surface area contributed by atoms with Gasteiger partial charge in [0.2, 0.25) is 0 Å². The van der Waals surface area contributed by atoms with Gasteiger partial charge >= 0.3 is 0 Å². The van der Waals surface area contributed by atoms with E-state index in [4.69, 9.17) is 0 Å². The van der Waals surface area contributed by atoms with E-state index in [0.29, 0.717) is 0 Å². The number of fused-ring (bicyclic) bond motifs is 1. The Morgan fingerprint density at radius 3 is 2.62 bits per heavy atom. The Bertz CT molecular complexity index is 1130. The number of nitrogens with zero attached hydrogens (tertiary/aromatic N) is 4. The lowest BCUT2D eigenvalue weighted by Crippen LogP contribution is -2.18. The molecular formula is C21H20N4O. The summed E-state index contributed by atoms with van der Waals surface area (Å²) in [4.78, 5) is 21.1. The van der Waals surface area contributed by atoms with Gasteiger partial charge in [0.25, 0.3) is 5.56 Å². The summed E-state index contributed by atoms with van der Waals surface area (Å²) in [6.45, 7) is 3.87. The summed E-state index contributed by atoms with van der Waals surface area (Å²) < 4.78 is 3.75. The van der Waals surface area contributed by atoms with Crippen LogP contribution < -0.4 is 5.56 Å². The van der Waals surface area contributed by atoms with Gasteiger partial charge in [-0.3, -0.25) is 9.78 Å². The number of hydrogen-bond donors (Lipinski definition) is 0. The molecule has 4 rings (SSSR count). The van der Waals surface area contributed by atoms with Crippen molar-refractivity contribution >= 4 is 5.65 Å². The highest BCUT2D eigenvalue weighted by atomic mass is 16.1. The molecule has 0 N–H and O–H groups in total. The lowest BCUT2D eigenvalue weighted by molar-refractivity contribution is 0.850. The van der Waals surface area contributed by atoms with Crippen molar-refractivity contribution in [2.24, 2.45) is 7.05 Å². The monoisotopic (exact) mass is 344 g/mol. The van der Waals surface area contributed by atoms with Gasteiger partial charge < -0.3 is 8.97 Å². The van der Waals surface area contributed by atoms with Crippen LogP contribution in [0.3, 0.4) is 0 Å². The van der Waals surface area contributed by atoms with Crippen LogP contribution in [0.1, 0.15) is 22.6 Å². The van der Waals surface area contributed by atoms with Crippen LogP contribution >= 0.6 is 0 Å². The first kappa shape index (κ1) is 16.3. The molecule has 0 aliphatic carbocycles. The molecule has 0 fully saturated rings. The normalized spacial score (nSPS) is 11.2. The molecule has 4 aromatic heterocycles. The predicted octanol–water partition coefficient (Wildman–Crippen LogP) is 3.30. The third-order valence-electron chi connectivity index (χ3n) is 4.69. The first-order chi connectivity index (χ1) is 12.5. The summed E-state index contributed by atoms with van der Waals surface area (Å²) in [5.41, 5.74) is 6.90. The lowest BCUT2D eigenvalue weighted by atomic mass is 10.1. The maximum Gasteiger partial charge on any atom is 0.253 e. The summed E-state index contributed by atoms with van der Waals surface area (Å²) in [5, 5.41) is 0. The molecule has 0 saturated carbocycles. The van der Waals surface area contributed by atoms with Gasteiger partial charge in [-0.25, -0.2) is 4.98 Å². The Morgan fingerprint density at radius 2 is 1.88 bits per heavy atom. The van der Waals surface area contributed by atoms with Gasteiger partial charge in [-0.2, -0.15) is 0 Å². The van der Waals surface area contributed by atoms with Crippen molar-refractivity contribution in [2.75, 3.05) is 0 Å². The van der Waals surface area contributed by atoms with E-state index >= 15 is 0 Å². The molecule has 0 atom stereocenters. The molecule has 130 valence electrons. The molecule has 0 bridgehead atoms. The molecule has 0 aromatic carbocycles. The van der Waals surface area contributed by atoms with E-state index in [1.807, 2.05) is 62.6 Å². The zero-order chi connectivity index (χ0) is 18.3. The molecule has 0 unspecified atom stereocenters. The largest absolute Gasteiger partial charge is 0.318 e. The fourth-order valence-corrected chi connectivity index (χ4v) is 3.30. The molecule has 0 aliphatic rings. The Balaban J connectivity index is 1.84. The second-order valence-electron chi connectivity index (χ2n) is 6.62. The Kier molecular flexibility index (Phi) is 3.92. The first-order valence-corrected chi connectivity index (χ1v) is 8.58. The van der Waals surface area contributed by atoms with Crippen LogP contribution in [0.4, 0.5) is 0 Å². The fraction of sp³-hybridized carbons (Fsp3) is 0.190. The number of imidazole rings is 1. The minimum Gasteiger partial charge on any atom is -0.318 e. The van der Waals surface area contributed by atoms with E-state index < -0.39 is 0 Å². The van der Waals surface area contributed by atoms with Crippen molar-refractivity contribution in [2.45, 2.75) is 20.3 Å². The third-order valence-corrected chi connectivity index (χ3v) is 4.69. The Labute approximate surface area is 151 Å². The smallest absolute Gasteiger partial charge is 0.253 e. The van der Waals surface area contributed by atoms with Gasteiger partial charge in [0, 0.05) is 43.3 Å². The molecule has 5 heteroatoms. The topological polar surface area (TPSA) is 52.2 Å². The molecule has 4 heterocycles. The lowest BCUT2D eigenvalue weighted by Gasteiger charge is -2.08. The Hall–Kier alpha value is -3.21. The molecule has 0 radical (unpaired) electrons. The van der Waals surface area contributed by atoms with Crippen molar-refractivity contribution in [1.29, 1.82) is 0 Å². The van der Waals surface area contributed by atoms with Gasteiger partial charge in [0.1, 0.15) is 5.65 Å². The van der Waals surface area contributed by atoms with Crippen molar-refractivity contribution < 1.29 is 0 Å². The number of aryl methyl sites for hydroxylation is 3. The first-order valence-electron chi connectivity index (χ1n) is 8.58. The van der Waals surface area contributed by atoms with Gasteiger partial charge in [0.05, 0.1) is 11.4 Å². The van der Waals surface area contributed by atoms with E-state index in [2.05, 4.69) is 20.6 Å². The second-order valence-corrected chi connectivity index (χ2v) is 6.62. The van der Waals surface area contributed by atoms with Crippen molar-refractivity contribution in [3.63, 3.8) is 0 Å². The standard InChI is InChI=1S/C21H20N4O/c1-14-10-17(12-24(3)21(14)26)16-7-8-20-23-15(2)19(25(20)13-16)11-18-6-4-5-9-22-18/h4-10,12-13H,11H2,1-3H3. The van der Waals surface area contributed by atoms with Crippen LogP contribution in [0.5, 0.6) is 0 Å². The van der Waals surface area contributed by atoms with E-state index in [9.17, 15) is 4.79 Å². The summed E-state index contributed by atoms with van der Waals surface area (Å²) >= 11 is 0. The zero-order valence-electron chi connectivity index (χ0n) is 15.1. The van der Waals surface area contributed by atoms with Crippen molar-refractivity contribution in [3.8, 4) is 11.1 Å². The van der Waals surface area contributed by atoms with E-state index in [0.717, 1.165) is 45.8 Å². The third kappa shape index (κ3) is 2.81. The maximum atomic E-state index is 12.0. The van der Waals surface area contributed by atoms with E-state index in [1.54, 1.807) is 11.6 Å². The van der Waals surface area contributed by atoms with Crippen molar-refractivity contribution in [1.82, 2.24) is 18.9 Å². The highest BCUT2D eigenvalue weighted by Gasteiger charge is 2.12. The average Bonchev–Trinajstić information content (AvgIpc) is 2.95. The number of pyridine rings is 3. The SMILES string of the molecule is Cc1nc2ccc(-c3cc(C)c(=O)n(C)c3)cn2c1Cc1ccccn1. The number of aromatic nitrogens is 4. The van der Waals surface area contributed by atoms with Gasteiger partial charge in [-0.1, -0.05) is 6.07 Å². The molecule has 0 spiro atoms. The van der Waals surface area contributed by atoms with Crippen molar-refractivity contribution in [3.05, 3.63) is 88.0 Å². The summed E-state index contributed by atoms with van der Waals surface area (Å²) in [6.07, 6.45) is 6.50. The average molecular weight is 344 g/mol.